The van der Waals surface area contributed by atoms with E-state index in [1.54, 1.807) is 13.2 Å². The van der Waals surface area contributed by atoms with Gasteiger partial charge in [-0.05, 0) is 30.2 Å². The topological polar surface area (TPSA) is 86.3 Å². The molecule has 6 nitrogen and oxygen atoms in total. The van der Waals surface area contributed by atoms with Gasteiger partial charge in [0.25, 0.3) is 0 Å². The van der Waals surface area contributed by atoms with Crippen LogP contribution in [0.3, 0.4) is 0 Å². The molecular formula is C14H21FN2O4. The third-order valence-electron chi connectivity index (χ3n) is 2.64. The van der Waals surface area contributed by atoms with Crippen LogP contribution in [-0.4, -0.2) is 44.6 Å². The van der Waals surface area contributed by atoms with Crippen molar-refractivity contribution < 1.29 is 23.8 Å². The Kier molecular flexibility index (Phi) is 8.34. The number of oxime groups is 1. The number of rotatable bonds is 10. The highest BCUT2D eigenvalue weighted by molar-refractivity contribution is 5.97. The number of halogens is 1. The van der Waals surface area contributed by atoms with E-state index in [0.29, 0.717) is 37.6 Å². The van der Waals surface area contributed by atoms with Crippen molar-refractivity contribution >= 4 is 5.84 Å². The molecule has 0 radical (unpaired) electrons. The van der Waals surface area contributed by atoms with Crippen LogP contribution >= 0.6 is 0 Å². The molecule has 0 aliphatic carbocycles. The van der Waals surface area contributed by atoms with E-state index in [0.717, 1.165) is 6.42 Å². The second-order valence-electron chi connectivity index (χ2n) is 4.34. The smallest absolute Gasteiger partial charge is 0.170 e. The van der Waals surface area contributed by atoms with Crippen LogP contribution in [0.4, 0.5) is 4.39 Å². The summed E-state index contributed by atoms with van der Waals surface area (Å²) in [7, 11) is 1.64. The molecule has 0 aliphatic heterocycles. The van der Waals surface area contributed by atoms with Crippen molar-refractivity contribution in [3.63, 3.8) is 0 Å². The van der Waals surface area contributed by atoms with Crippen LogP contribution in [0.1, 0.15) is 17.5 Å². The molecular weight excluding hydrogens is 279 g/mol. The molecule has 0 fully saturated rings. The zero-order valence-electron chi connectivity index (χ0n) is 12.0. The van der Waals surface area contributed by atoms with Crippen molar-refractivity contribution in [1.82, 2.24) is 0 Å². The molecule has 0 saturated heterocycles. The molecule has 0 saturated carbocycles. The van der Waals surface area contributed by atoms with Gasteiger partial charge < -0.3 is 25.2 Å². The van der Waals surface area contributed by atoms with Gasteiger partial charge in [0.15, 0.2) is 5.84 Å². The summed E-state index contributed by atoms with van der Waals surface area (Å²) in [5.41, 5.74) is 6.35. The van der Waals surface area contributed by atoms with E-state index in [2.05, 4.69) is 5.16 Å². The van der Waals surface area contributed by atoms with Crippen LogP contribution in [0.5, 0.6) is 0 Å². The van der Waals surface area contributed by atoms with E-state index >= 15 is 0 Å². The van der Waals surface area contributed by atoms with Crippen molar-refractivity contribution in [3.8, 4) is 0 Å². The lowest BCUT2D eigenvalue weighted by Crippen LogP contribution is -2.14. The summed E-state index contributed by atoms with van der Waals surface area (Å²) in [5.74, 6) is -0.606. The highest BCUT2D eigenvalue weighted by Crippen LogP contribution is 2.10. The summed E-state index contributed by atoms with van der Waals surface area (Å²) in [6.07, 6.45) is 0.837. The summed E-state index contributed by atoms with van der Waals surface area (Å²) < 4.78 is 29.0. The molecule has 0 atom stereocenters. The Morgan fingerprint density at radius 2 is 1.95 bits per heavy atom. The van der Waals surface area contributed by atoms with Crippen molar-refractivity contribution in [2.45, 2.75) is 13.0 Å². The number of methoxy groups -OCH3 is 1. The Morgan fingerprint density at radius 3 is 2.67 bits per heavy atom. The van der Waals surface area contributed by atoms with Gasteiger partial charge in [0, 0.05) is 25.9 Å². The van der Waals surface area contributed by atoms with Gasteiger partial charge >= 0.3 is 0 Å². The number of nitrogens with two attached hydrogens (primary N) is 1. The Balaban J connectivity index is 2.30. The molecule has 1 rings (SSSR count). The summed E-state index contributed by atoms with van der Waals surface area (Å²) >= 11 is 0. The minimum atomic E-state index is -0.464. The zero-order valence-corrected chi connectivity index (χ0v) is 12.0. The first kappa shape index (κ1) is 17.4. The van der Waals surface area contributed by atoms with Crippen LogP contribution in [0, 0.1) is 5.82 Å². The zero-order chi connectivity index (χ0) is 15.5. The Morgan fingerprint density at radius 1 is 1.19 bits per heavy atom. The first-order chi connectivity index (χ1) is 10.2. The van der Waals surface area contributed by atoms with Gasteiger partial charge in [-0.1, -0.05) is 5.16 Å². The fraction of sp³-hybridized carbons (Fsp3) is 0.500. The maximum Gasteiger partial charge on any atom is 0.170 e. The molecule has 118 valence electrons. The van der Waals surface area contributed by atoms with E-state index in [-0.39, 0.29) is 12.4 Å². The third-order valence-corrected chi connectivity index (χ3v) is 2.64. The third kappa shape index (κ3) is 7.03. The first-order valence-corrected chi connectivity index (χ1v) is 6.59. The summed E-state index contributed by atoms with van der Waals surface area (Å²) in [6.45, 7) is 2.38. The van der Waals surface area contributed by atoms with E-state index < -0.39 is 5.82 Å². The first-order valence-electron chi connectivity index (χ1n) is 6.59. The maximum atomic E-state index is 13.4. The predicted octanol–water partition coefficient (Wildman–Crippen LogP) is 1.49. The maximum absolute atomic E-state index is 13.4. The average molecular weight is 300 g/mol. The minimum Gasteiger partial charge on any atom is -0.409 e. The normalized spacial score (nSPS) is 11.8. The van der Waals surface area contributed by atoms with Crippen molar-refractivity contribution in [2.24, 2.45) is 10.9 Å². The molecule has 1 aromatic rings. The van der Waals surface area contributed by atoms with Crippen LogP contribution in [0.25, 0.3) is 0 Å². The Labute approximate surface area is 123 Å². The number of amidine groups is 1. The fourth-order valence-corrected chi connectivity index (χ4v) is 1.65. The van der Waals surface area contributed by atoms with Crippen molar-refractivity contribution in [2.75, 3.05) is 33.5 Å². The molecule has 0 aliphatic rings. The molecule has 0 unspecified atom stereocenters. The van der Waals surface area contributed by atoms with Gasteiger partial charge in [-0.15, -0.1) is 0 Å². The minimum absolute atomic E-state index is 0.141. The molecule has 21 heavy (non-hydrogen) atoms. The second kappa shape index (κ2) is 10.1. The van der Waals surface area contributed by atoms with Crippen LogP contribution in [0.15, 0.2) is 23.4 Å². The van der Waals surface area contributed by atoms with E-state index in [1.165, 1.54) is 12.1 Å². The summed E-state index contributed by atoms with van der Waals surface area (Å²) in [4.78, 5) is 0. The lowest BCUT2D eigenvalue weighted by Gasteiger charge is -2.07. The highest BCUT2D eigenvalue weighted by atomic mass is 19.1. The lowest BCUT2D eigenvalue weighted by molar-refractivity contribution is 0.0336. The molecule has 3 N–H and O–H groups in total. The van der Waals surface area contributed by atoms with Gasteiger partial charge in [-0.25, -0.2) is 4.39 Å². The summed E-state index contributed by atoms with van der Waals surface area (Å²) in [5, 5.41) is 11.4. The van der Waals surface area contributed by atoms with Gasteiger partial charge in [0.2, 0.25) is 0 Å². The molecule has 0 spiro atoms. The highest BCUT2D eigenvalue weighted by Gasteiger charge is 2.05. The van der Waals surface area contributed by atoms with Gasteiger partial charge in [-0.3, -0.25) is 0 Å². The van der Waals surface area contributed by atoms with E-state index in [1.807, 2.05) is 0 Å². The van der Waals surface area contributed by atoms with Crippen molar-refractivity contribution in [3.05, 3.63) is 35.1 Å². The predicted molar refractivity (Wildman–Crippen MR) is 75.9 cm³/mol. The average Bonchev–Trinajstić information content (AvgIpc) is 2.48. The molecule has 0 heterocycles. The van der Waals surface area contributed by atoms with E-state index in [9.17, 15) is 4.39 Å². The number of nitrogens with zero attached hydrogens (tertiary/aromatic N) is 1. The number of benzene rings is 1. The number of ether oxygens (including phenoxy) is 3. The van der Waals surface area contributed by atoms with Crippen LogP contribution < -0.4 is 5.73 Å². The molecule has 0 amide bonds. The SMILES string of the molecule is COCCCOCCOCc1cc(F)cc(/C(N)=N/O)c1. The Bertz CT molecular complexity index is 455. The quantitative estimate of drug-likeness (QED) is 0.225. The molecule has 0 bridgehead atoms. The lowest BCUT2D eigenvalue weighted by atomic mass is 10.1. The van der Waals surface area contributed by atoms with Crippen molar-refractivity contribution in [1.29, 1.82) is 0 Å². The van der Waals surface area contributed by atoms with Gasteiger partial charge in [0.05, 0.1) is 19.8 Å². The summed E-state index contributed by atoms with van der Waals surface area (Å²) in [6, 6.07) is 4.14. The Hall–Kier alpha value is -1.70. The van der Waals surface area contributed by atoms with E-state index in [4.69, 9.17) is 25.2 Å². The molecule has 1 aromatic carbocycles. The van der Waals surface area contributed by atoms with Gasteiger partial charge in [0.1, 0.15) is 5.82 Å². The van der Waals surface area contributed by atoms with Gasteiger partial charge in [-0.2, -0.15) is 0 Å². The van der Waals surface area contributed by atoms with Crippen LogP contribution in [-0.2, 0) is 20.8 Å². The van der Waals surface area contributed by atoms with Crippen LogP contribution in [0.2, 0.25) is 0 Å². The molecule has 0 aromatic heterocycles. The number of hydrogen-bond acceptors (Lipinski definition) is 5. The standard InChI is InChI=1S/C14H21FN2O4/c1-19-3-2-4-20-5-6-21-10-11-7-12(14(16)17-18)9-13(15)8-11/h7-9,18H,2-6,10H2,1H3,(H2,16,17). The molecule has 7 heteroatoms. The fourth-order valence-electron chi connectivity index (χ4n) is 1.65. The second-order valence-corrected chi connectivity index (χ2v) is 4.34. The monoisotopic (exact) mass is 300 g/mol. The largest absolute Gasteiger partial charge is 0.409 e. The number of hydrogen-bond donors (Lipinski definition) is 2.